The van der Waals surface area contributed by atoms with Gasteiger partial charge in [-0.3, -0.25) is 4.90 Å². The van der Waals surface area contributed by atoms with Crippen LogP contribution in [-0.2, 0) is 0 Å². The minimum absolute atomic E-state index is 0.443. The number of carbonyl (C=O) groups is 1. The highest BCUT2D eigenvalue weighted by atomic mass is 35.5. The minimum Gasteiger partial charge on any atom is -0.376 e. The van der Waals surface area contributed by atoms with E-state index < -0.39 is 12.8 Å². The lowest BCUT2D eigenvalue weighted by molar-refractivity contribution is 0.240. The summed E-state index contributed by atoms with van der Waals surface area (Å²) in [6.45, 7) is -0.517. The monoisotopic (exact) mass is 344 g/mol. The fraction of sp³-hybridized carbons (Fsp3) is 0.0714. The molecule has 0 heterocycles. The van der Waals surface area contributed by atoms with Gasteiger partial charge in [-0.2, -0.15) is 0 Å². The van der Waals surface area contributed by atoms with E-state index in [1.807, 2.05) is 0 Å². The fourth-order valence-corrected chi connectivity index (χ4v) is 2.12. The Bertz CT molecular complexity index is 617. The van der Waals surface area contributed by atoms with E-state index in [-0.39, 0.29) is 0 Å². The van der Waals surface area contributed by atoms with E-state index in [2.05, 4.69) is 0 Å². The number of carbonyl (C=O) groups excluding carboxylic acids is 1. The normalized spacial score (nSPS) is 10.3. The number of anilines is 2. The molecule has 0 spiro atoms. The van der Waals surface area contributed by atoms with Crippen LogP contribution < -0.4 is 9.32 Å². The number of amides is 2. The Labute approximate surface area is 137 Å². The highest BCUT2D eigenvalue weighted by molar-refractivity contribution is 6.38. The van der Waals surface area contributed by atoms with Gasteiger partial charge in [0.1, 0.15) is 6.73 Å². The second kappa shape index (κ2) is 7.00. The molecular formula is C14H11Cl3N2O2. The molecule has 0 radical (unpaired) electrons. The maximum absolute atomic E-state index is 12.3. The van der Waals surface area contributed by atoms with Gasteiger partial charge in [0.05, 0.1) is 5.69 Å². The lowest BCUT2D eigenvalue weighted by atomic mass is 10.3. The first-order chi connectivity index (χ1) is 10.0. The number of hydrogen-bond donors (Lipinski definition) is 1. The van der Waals surface area contributed by atoms with Gasteiger partial charge in [-0.1, -0.05) is 23.2 Å². The van der Waals surface area contributed by atoms with Crippen molar-refractivity contribution in [3.8, 4) is 0 Å². The summed E-state index contributed by atoms with van der Waals surface area (Å²) < 4.78 is 0.904. The Morgan fingerprint density at radius 3 is 1.76 bits per heavy atom. The van der Waals surface area contributed by atoms with Crippen LogP contribution in [-0.4, -0.2) is 17.9 Å². The second-order valence-electron chi connectivity index (χ2n) is 4.09. The van der Waals surface area contributed by atoms with Gasteiger partial charge in [0, 0.05) is 27.5 Å². The van der Waals surface area contributed by atoms with Crippen LogP contribution in [0.4, 0.5) is 16.2 Å². The lowest BCUT2D eigenvalue weighted by Gasteiger charge is -2.24. The molecule has 0 bridgehead atoms. The highest BCUT2D eigenvalue weighted by Crippen LogP contribution is 2.24. The molecule has 1 N–H and O–H groups in total. The molecular weight excluding hydrogens is 335 g/mol. The van der Waals surface area contributed by atoms with Crippen molar-refractivity contribution in [2.24, 2.45) is 0 Å². The zero-order chi connectivity index (χ0) is 15.4. The SMILES string of the molecule is O=C(N(Cl)c1ccc(Cl)cc1)N(CO)c1ccc(Cl)cc1. The van der Waals surface area contributed by atoms with Crippen LogP contribution in [0.5, 0.6) is 0 Å². The first kappa shape index (κ1) is 15.9. The van der Waals surface area contributed by atoms with Crippen molar-refractivity contribution in [3.63, 3.8) is 0 Å². The summed E-state index contributed by atoms with van der Waals surface area (Å²) in [7, 11) is 0. The first-order valence-corrected chi connectivity index (χ1v) is 7.01. The van der Waals surface area contributed by atoms with Gasteiger partial charge in [0.2, 0.25) is 0 Å². The molecule has 2 rings (SSSR count). The Morgan fingerprint density at radius 1 is 0.905 bits per heavy atom. The summed E-state index contributed by atoms with van der Waals surface area (Å²) in [6, 6.07) is 12.3. The van der Waals surface area contributed by atoms with Crippen molar-refractivity contribution in [1.29, 1.82) is 0 Å². The fourth-order valence-electron chi connectivity index (χ4n) is 1.66. The van der Waals surface area contributed by atoms with Crippen molar-refractivity contribution >= 4 is 52.4 Å². The smallest absolute Gasteiger partial charge is 0.345 e. The molecule has 4 nitrogen and oxygen atoms in total. The Morgan fingerprint density at radius 2 is 1.33 bits per heavy atom. The van der Waals surface area contributed by atoms with E-state index >= 15 is 0 Å². The van der Waals surface area contributed by atoms with Gasteiger partial charge < -0.3 is 5.11 Å². The average Bonchev–Trinajstić information content (AvgIpc) is 2.50. The van der Waals surface area contributed by atoms with Crippen LogP contribution in [0, 0.1) is 0 Å². The maximum Gasteiger partial charge on any atom is 0.345 e. The van der Waals surface area contributed by atoms with Gasteiger partial charge in [0.25, 0.3) is 0 Å². The number of hydrogen-bond acceptors (Lipinski definition) is 2. The quantitative estimate of drug-likeness (QED) is 0.656. The molecule has 0 aromatic heterocycles. The highest BCUT2D eigenvalue weighted by Gasteiger charge is 2.22. The van der Waals surface area contributed by atoms with Gasteiger partial charge in [-0.25, -0.2) is 9.21 Å². The summed E-state index contributed by atoms with van der Waals surface area (Å²) >= 11 is 17.6. The Kier molecular flexibility index (Phi) is 5.31. The average molecular weight is 346 g/mol. The predicted molar refractivity (Wildman–Crippen MR) is 86.2 cm³/mol. The van der Waals surface area contributed by atoms with Gasteiger partial charge >= 0.3 is 6.03 Å². The number of nitrogens with zero attached hydrogens (tertiary/aromatic N) is 2. The van der Waals surface area contributed by atoms with Crippen LogP contribution in [0.3, 0.4) is 0 Å². The molecule has 110 valence electrons. The molecule has 0 saturated carbocycles. The molecule has 2 aromatic carbocycles. The van der Waals surface area contributed by atoms with E-state index in [4.69, 9.17) is 35.0 Å². The number of aliphatic hydroxyl groups excluding tert-OH is 1. The van der Waals surface area contributed by atoms with Crippen molar-refractivity contribution in [1.82, 2.24) is 0 Å². The van der Waals surface area contributed by atoms with Gasteiger partial charge in [-0.15, -0.1) is 0 Å². The van der Waals surface area contributed by atoms with E-state index in [9.17, 15) is 9.90 Å². The number of aliphatic hydroxyl groups is 1. The van der Waals surface area contributed by atoms with Crippen LogP contribution in [0.25, 0.3) is 0 Å². The van der Waals surface area contributed by atoms with Gasteiger partial charge in [-0.05, 0) is 48.5 Å². The second-order valence-corrected chi connectivity index (χ2v) is 5.30. The van der Waals surface area contributed by atoms with Crippen LogP contribution >= 0.6 is 35.0 Å². The lowest BCUT2D eigenvalue weighted by Crippen LogP contribution is -2.39. The third-order valence-corrected chi connectivity index (χ3v) is 3.58. The van der Waals surface area contributed by atoms with Crippen LogP contribution in [0.15, 0.2) is 48.5 Å². The van der Waals surface area contributed by atoms with Crippen molar-refractivity contribution in [2.75, 3.05) is 16.0 Å². The molecule has 0 unspecified atom stereocenters. The topological polar surface area (TPSA) is 43.8 Å². The summed E-state index contributed by atoms with van der Waals surface area (Å²) in [5, 5.41) is 10.5. The molecule has 0 aliphatic rings. The third-order valence-electron chi connectivity index (χ3n) is 2.73. The minimum atomic E-state index is -0.594. The summed E-state index contributed by atoms with van der Waals surface area (Å²) in [5.74, 6) is 0. The van der Waals surface area contributed by atoms with E-state index in [0.29, 0.717) is 21.4 Å². The number of urea groups is 1. The largest absolute Gasteiger partial charge is 0.376 e. The van der Waals surface area contributed by atoms with E-state index in [1.54, 1.807) is 48.5 Å². The Balaban J connectivity index is 2.23. The van der Waals surface area contributed by atoms with E-state index in [0.717, 1.165) is 9.32 Å². The molecule has 2 aromatic rings. The first-order valence-electron chi connectivity index (χ1n) is 5.92. The number of benzene rings is 2. The summed E-state index contributed by atoms with van der Waals surface area (Å²) in [5.41, 5.74) is 0.921. The molecule has 2 amide bonds. The molecule has 0 saturated heterocycles. The maximum atomic E-state index is 12.3. The molecule has 0 aliphatic heterocycles. The summed E-state index contributed by atoms with van der Waals surface area (Å²) in [6.07, 6.45) is 0. The third kappa shape index (κ3) is 3.80. The standard InChI is InChI=1S/C14H11Cl3N2O2/c15-10-1-5-12(6-2-10)18(9-20)14(21)19(17)13-7-3-11(16)4-8-13/h1-8,20H,9H2. The van der Waals surface area contributed by atoms with Crippen molar-refractivity contribution < 1.29 is 9.90 Å². The molecule has 0 aliphatic carbocycles. The van der Waals surface area contributed by atoms with Crippen LogP contribution in [0.2, 0.25) is 10.0 Å². The number of halogens is 3. The van der Waals surface area contributed by atoms with E-state index in [1.165, 1.54) is 0 Å². The molecule has 7 heteroatoms. The molecule has 0 atom stereocenters. The van der Waals surface area contributed by atoms with Crippen LogP contribution in [0.1, 0.15) is 0 Å². The zero-order valence-corrected chi connectivity index (χ0v) is 13.0. The van der Waals surface area contributed by atoms with Gasteiger partial charge in [0.15, 0.2) is 0 Å². The predicted octanol–water partition coefficient (Wildman–Crippen LogP) is 4.53. The number of rotatable bonds is 3. The zero-order valence-electron chi connectivity index (χ0n) is 10.7. The molecule has 0 fully saturated rings. The van der Waals surface area contributed by atoms with Crippen molar-refractivity contribution in [3.05, 3.63) is 58.6 Å². The molecule has 21 heavy (non-hydrogen) atoms. The van der Waals surface area contributed by atoms with Crippen molar-refractivity contribution in [2.45, 2.75) is 0 Å². The Hall–Kier alpha value is -1.46. The summed E-state index contributed by atoms with van der Waals surface area (Å²) in [4.78, 5) is 13.4.